The van der Waals surface area contributed by atoms with Crippen LogP contribution in [0.15, 0.2) is 12.3 Å². The van der Waals surface area contributed by atoms with Crippen molar-refractivity contribution in [1.29, 1.82) is 5.26 Å². The average Bonchev–Trinajstić information content (AvgIpc) is 2.16. The number of rotatable bonds is 2. The normalized spacial score (nSPS) is 9.08. The van der Waals surface area contributed by atoms with Gasteiger partial charge in [-0.25, -0.2) is 4.98 Å². The molecule has 68 valence electrons. The van der Waals surface area contributed by atoms with Crippen LogP contribution in [0, 0.1) is 11.3 Å². The Morgan fingerprint density at radius 2 is 2.23 bits per heavy atom. The zero-order chi connectivity index (χ0) is 9.84. The molecule has 1 heterocycles. The highest BCUT2D eigenvalue weighted by Crippen LogP contribution is 2.19. The molecule has 13 heavy (non-hydrogen) atoms. The third-order valence-electron chi connectivity index (χ3n) is 1.65. The first kappa shape index (κ1) is 9.33. The molecule has 1 aromatic rings. The summed E-state index contributed by atoms with van der Waals surface area (Å²) >= 11 is 0. The fraction of sp³-hybridized carbons (Fsp3) is 0.333. The first-order valence-corrected chi connectivity index (χ1v) is 3.80. The van der Waals surface area contributed by atoms with Gasteiger partial charge in [0.05, 0.1) is 18.9 Å². The molecule has 0 amide bonds. The van der Waals surface area contributed by atoms with Crippen molar-refractivity contribution in [2.24, 2.45) is 0 Å². The maximum absolute atomic E-state index is 8.78. The molecule has 4 heteroatoms. The van der Waals surface area contributed by atoms with E-state index in [1.165, 1.54) is 7.11 Å². The first-order valence-electron chi connectivity index (χ1n) is 3.80. The quantitative estimate of drug-likeness (QED) is 0.677. The SMILES string of the molecule is COc1cnc(N(C)C)cc1C#N. The Bertz CT molecular complexity index is 341. The zero-order valence-electron chi connectivity index (χ0n) is 7.90. The van der Waals surface area contributed by atoms with E-state index in [-0.39, 0.29) is 0 Å². The fourth-order valence-electron chi connectivity index (χ4n) is 0.926. The Morgan fingerprint density at radius 1 is 1.54 bits per heavy atom. The summed E-state index contributed by atoms with van der Waals surface area (Å²) in [5, 5.41) is 8.78. The minimum Gasteiger partial charge on any atom is -0.494 e. The molecule has 0 radical (unpaired) electrons. The van der Waals surface area contributed by atoms with Crippen LogP contribution >= 0.6 is 0 Å². The van der Waals surface area contributed by atoms with Crippen LogP contribution in [-0.4, -0.2) is 26.2 Å². The van der Waals surface area contributed by atoms with Gasteiger partial charge in [0.15, 0.2) is 5.75 Å². The Kier molecular flexibility index (Phi) is 2.70. The van der Waals surface area contributed by atoms with E-state index in [1.54, 1.807) is 12.3 Å². The van der Waals surface area contributed by atoms with Crippen molar-refractivity contribution in [1.82, 2.24) is 4.98 Å². The van der Waals surface area contributed by atoms with Crippen LogP contribution in [-0.2, 0) is 0 Å². The van der Waals surface area contributed by atoms with Gasteiger partial charge in [-0.05, 0) is 0 Å². The number of anilines is 1. The molecule has 0 spiro atoms. The van der Waals surface area contributed by atoms with Gasteiger partial charge in [-0.2, -0.15) is 5.26 Å². The van der Waals surface area contributed by atoms with Crippen molar-refractivity contribution < 1.29 is 4.74 Å². The summed E-state index contributed by atoms with van der Waals surface area (Å²) in [5.41, 5.74) is 0.501. The lowest BCUT2D eigenvalue weighted by molar-refractivity contribution is 0.411. The lowest BCUT2D eigenvalue weighted by Crippen LogP contribution is -2.10. The van der Waals surface area contributed by atoms with Crippen LogP contribution in [0.4, 0.5) is 5.82 Å². The van der Waals surface area contributed by atoms with Crippen molar-refractivity contribution in [3.63, 3.8) is 0 Å². The summed E-state index contributed by atoms with van der Waals surface area (Å²) in [7, 11) is 5.26. The summed E-state index contributed by atoms with van der Waals surface area (Å²) < 4.78 is 4.97. The summed E-state index contributed by atoms with van der Waals surface area (Å²) in [4.78, 5) is 5.94. The minimum absolute atomic E-state index is 0.501. The summed E-state index contributed by atoms with van der Waals surface area (Å²) in [6.07, 6.45) is 1.55. The zero-order valence-corrected chi connectivity index (χ0v) is 7.90. The molecule has 0 aliphatic rings. The molecule has 0 aliphatic carbocycles. The van der Waals surface area contributed by atoms with Gasteiger partial charge < -0.3 is 9.64 Å². The Balaban J connectivity index is 3.15. The molecule has 0 fully saturated rings. The molecule has 0 unspecified atom stereocenters. The number of pyridine rings is 1. The van der Waals surface area contributed by atoms with E-state index >= 15 is 0 Å². The average molecular weight is 177 g/mol. The van der Waals surface area contributed by atoms with E-state index in [0.717, 1.165) is 5.82 Å². The molecule has 0 saturated heterocycles. The molecular weight excluding hydrogens is 166 g/mol. The van der Waals surface area contributed by atoms with Crippen LogP contribution in [0.5, 0.6) is 5.75 Å². The third kappa shape index (κ3) is 1.88. The Hall–Kier alpha value is -1.76. The predicted octanol–water partition coefficient (Wildman–Crippen LogP) is 1.03. The summed E-state index contributed by atoms with van der Waals surface area (Å²) in [6, 6.07) is 3.74. The van der Waals surface area contributed by atoms with E-state index < -0.39 is 0 Å². The first-order chi connectivity index (χ1) is 6.19. The highest BCUT2D eigenvalue weighted by molar-refractivity contribution is 5.50. The smallest absolute Gasteiger partial charge is 0.155 e. The maximum atomic E-state index is 8.78. The fourth-order valence-corrected chi connectivity index (χ4v) is 0.926. The second-order valence-corrected chi connectivity index (χ2v) is 2.75. The summed E-state index contributed by atoms with van der Waals surface area (Å²) in [6.45, 7) is 0. The van der Waals surface area contributed by atoms with Crippen LogP contribution in [0.1, 0.15) is 5.56 Å². The molecule has 0 bridgehead atoms. The third-order valence-corrected chi connectivity index (χ3v) is 1.65. The summed E-state index contributed by atoms with van der Waals surface area (Å²) in [5.74, 6) is 1.26. The highest BCUT2D eigenvalue weighted by Gasteiger charge is 2.05. The number of hydrogen-bond donors (Lipinski definition) is 0. The number of methoxy groups -OCH3 is 1. The van der Waals surface area contributed by atoms with E-state index in [1.807, 2.05) is 19.0 Å². The second kappa shape index (κ2) is 3.76. The molecule has 0 aromatic carbocycles. The lowest BCUT2D eigenvalue weighted by Gasteiger charge is -2.11. The largest absolute Gasteiger partial charge is 0.494 e. The van der Waals surface area contributed by atoms with Crippen molar-refractivity contribution in [3.05, 3.63) is 17.8 Å². The molecule has 1 rings (SSSR count). The second-order valence-electron chi connectivity index (χ2n) is 2.75. The molecule has 1 aromatic heterocycles. The standard InChI is InChI=1S/C9H11N3O/c1-12(2)9-4-7(5-10)8(13-3)6-11-9/h4,6H,1-3H3. The van der Waals surface area contributed by atoms with Gasteiger partial charge in [0.1, 0.15) is 11.9 Å². The molecule has 0 saturated carbocycles. The highest BCUT2D eigenvalue weighted by atomic mass is 16.5. The topological polar surface area (TPSA) is 49.1 Å². The number of ether oxygens (including phenoxy) is 1. The van der Waals surface area contributed by atoms with Crippen molar-refractivity contribution >= 4 is 5.82 Å². The van der Waals surface area contributed by atoms with Gasteiger partial charge in [0, 0.05) is 20.2 Å². The number of hydrogen-bond acceptors (Lipinski definition) is 4. The maximum Gasteiger partial charge on any atom is 0.155 e. The van der Waals surface area contributed by atoms with Gasteiger partial charge >= 0.3 is 0 Å². The van der Waals surface area contributed by atoms with Crippen molar-refractivity contribution in [3.8, 4) is 11.8 Å². The molecule has 0 atom stereocenters. The lowest BCUT2D eigenvalue weighted by atomic mass is 10.2. The Morgan fingerprint density at radius 3 is 2.69 bits per heavy atom. The number of aromatic nitrogens is 1. The molecular formula is C9H11N3O. The van der Waals surface area contributed by atoms with Gasteiger partial charge in [-0.1, -0.05) is 0 Å². The van der Waals surface area contributed by atoms with Gasteiger partial charge in [-0.15, -0.1) is 0 Å². The van der Waals surface area contributed by atoms with Gasteiger partial charge in [0.2, 0.25) is 0 Å². The minimum atomic E-state index is 0.501. The number of nitriles is 1. The van der Waals surface area contributed by atoms with Crippen molar-refractivity contribution in [2.45, 2.75) is 0 Å². The number of nitrogens with zero attached hydrogens (tertiary/aromatic N) is 3. The van der Waals surface area contributed by atoms with E-state index in [0.29, 0.717) is 11.3 Å². The monoisotopic (exact) mass is 177 g/mol. The van der Waals surface area contributed by atoms with E-state index in [2.05, 4.69) is 11.1 Å². The van der Waals surface area contributed by atoms with Crippen LogP contribution in [0.3, 0.4) is 0 Å². The van der Waals surface area contributed by atoms with Crippen LogP contribution < -0.4 is 9.64 Å². The van der Waals surface area contributed by atoms with Crippen LogP contribution in [0.2, 0.25) is 0 Å². The predicted molar refractivity (Wildman–Crippen MR) is 49.8 cm³/mol. The van der Waals surface area contributed by atoms with E-state index in [4.69, 9.17) is 10.00 Å². The molecule has 0 N–H and O–H groups in total. The Labute approximate surface area is 77.4 Å². The van der Waals surface area contributed by atoms with E-state index in [9.17, 15) is 0 Å². The van der Waals surface area contributed by atoms with Crippen molar-refractivity contribution in [2.75, 3.05) is 26.1 Å². The van der Waals surface area contributed by atoms with Gasteiger partial charge in [-0.3, -0.25) is 0 Å². The molecule has 4 nitrogen and oxygen atoms in total. The van der Waals surface area contributed by atoms with Crippen LogP contribution in [0.25, 0.3) is 0 Å². The molecule has 0 aliphatic heterocycles. The van der Waals surface area contributed by atoms with Gasteiger partial charge in [0.25, 0.3) is 0 Å².